The van der Waals surface area contributed by atoms with Crippen LogP contribution in [0.4, 0.5) is 4.79 Å². The third-order valence-electron chi connectivity index (χ3n) is 3.67. The van der Waals surface area contributed by atoms with E-state index < -0.39 is 0 Å². The highest BCUT2D eigenvalue weighted by Crippen LogP contribution is 2.15. The number of hydrogen-bond acceptors (Lipinski definition) is 4. The van der Waals surface area contributed by atoms with Gasteiger partial charge >= 0.3 is 6.03 Å². The number of nitrogens with zero attached hydrogens (tertiary/aromatic N) is 5. The quantitative estimate of drug-likeness (QED) is 0.821. The van der Waals surface area contributed by atoms with Crippen LogP contribution in [-0.2, 0) is 40.0 Å². The summed E-state index contributed by atoms with van der Waals surface area (Å²) in [5.41, 5.74) is 3.31. The fourth-order valence-electron chi connectivity index (χ4n) is 2.46. The average molecular weight is 305 g/mol. The first-order valence-electron chi connectivity index (χ1n) is 7.44. The normalized spacial score (nSPS) is 10.7. The molecule has 8 heteroatoms. The molecule has 2 aromatic heterocycles. The molecule has 2 N–H and O–H groups in total. The van der Waals surface area contributed by atoms with Crippen LogP contribution in [0.15, 0.2) is 6.33 Å². The van der Waals surface area contributed by atoms with Gasteiger partial charge in [-0.1, -0.05) is 13.8 Å². The Hall–Kier alpha value is -2.38. The zero-order valence-corrected chi connectivity index (χ0v) is 13.6. The molecule has 2 heterocycles. The minimum Gasteiger partial charge on any atom is -0.334 e. The highest BCUT2D eigenvalue weighted by molar-refractivity contribution is 5.73. The van der Waals surface area contributed by atoms with Crippen LogP contribution in [0, 0.1) is 0 Å². The topological polar surface area (TPSA) is 89.7 Å². The number of nitrogens with one attached hydrogen (secondary N) is 2. The second kappa shape index (κ2) is 7.06. The van der Waals surface area contributed by atoms with E-state index in [-0.39, 0.29) is 6.03 Å². The molecule has 0 spiro atoms. The lowest BCUT2D eigenvalue weighted by Gasteiger charge is -2.09. The van der Waals surface area contributed by atoms with E-state index in [1.165, 1.54) is 6.33 Å². The van der Waals surface area contributed by atoms with Crippen molar-refractivity contribution in [3.63, 3.8) is 0 Å². The van der Waals surface area contributed by atoms with E-state index in [2.05, 4.69) is 39.7 Å². The molecule has 0 atom stereocenters. The van der Waals surface area contributed by atoms with Crippen LogP contribution in [0.2, 0.25) is 0 Å². The lowest BCUT2D eigenvalue weighted by atomic mass is 10.1. The Bertz CT molecular complexity index is 644. The van der Waals surface area contributed by atoms with Crippen LogP contribution in [0.1, 0.15) is 36.6 Å². The Morgan fingerprint density at radius 3 is 2.45 bits per heavy atom. The van der Waals surface area contributed by atoms with Crippen molar-refractivity contribution in [2.75, 3.05) is 0 Å². The third kappa shape index (κ3) is 3.44. The summed E-state index contributed by atoms with van der Waals surface area (Å²) in [7, 11) is 3.73. The first-order chi connectivity index (χ1) is 10.6. The van der Waals surface area contributed by atoms with Crippen molar-refractivity contribution in [2.45, 2.75) is 39.8 Å². The SMILES string of the molecule is CCc1nn(C)c(CC)c1CNC(=O)NCc1ncnn1C. The molecule has 0 aliphatic carbocycles. The minimum atomic E-state index is -0.226. The molecule has 0 saturated carbocycles. The van der Waals surface area contributed by atoms with Crippen molar-refractivity contribution in [3.8, 4) is 0 Å². The van der Waals surface area contributed by atoms with E-state index in [0.717, 1.165) is 29.8 Å². The number of carbonyl (C=O) groups is 1. The number of aromatic nitrogens is 5. The van der Waals surface area contributed by atoms with Crippen molar-refractivity contribution < 1.29 is 4.79 Å². The maximum atomic E-state index is 11.9. The Labute approximate surface area is 129 Å². The van der Waals surface area contributed by atoms with Gasteiger partial charge in [-0.15, -0.1) is 0 Å². The molecule has 0 unspecified atom stereocenters. The summed E-state index contributed by atoms with van der Waals surface area (Å²) in [4.78, 5) is 16.0. The Morgan fingerprint density at radius 1 is 1.14 bits per heavy atom. The smallest absolute Gasteiger partial charge is 0.315 e. The summed E-state index contributed by atoms with van der Waals surface area (Å²) >= 11 is 0. The van der Waals surface area contributed by atoms with Crippen LogP contribution in [0.5, 0.6) is 0 Å². The van der Waals surface area contributed by atoms with Crippen LogP contribution >= 0.6 is 0 Å². The summed E-state index contributed by atoms with van der Waals surface area (Å²) in [6.45, 7) is 4.98. The van der Waals surface area contributed by atoms with Gasteiger partial charge in [-0.2, -0.15) is 10.2 Å². The van der Waals surface area contributed by atoms with Crippen molar-refractivity contribution in [1.29, 1.82) is 0 Å². The molecule has 2 amide bonds. The summed E-state index contributed by atoms with van der Waals surface area (Å²) in [6, 6.07) is -0.226. The molecule has 22 heavy (non-hydrogen) atoms. The van der Waals surface area contributed by atoms with Gasteiger partial charge in [0.1, 0.15) is 12.2 Å². The van der Waals surface area contributed by atoms with E-state index in [4.69, 9.17) is 0 Å². The van der Waals surface area contributed by atoms with Crippen molar-refractivity contribution in [3.05, 3.63) is 29.1 Å². The average Bonchev–Trinajstić information content (AvgIpc) is 3.05. The van der Waals surface area contributed by atoms with Crippen LogP contribution in [0.25, 0.3) is 0 Å². The minimum absolute atomic E-state index is 0.226. The second-order valence-corrected chi connectivity index (χ2v) is 5.04. The number of amides is 2. The van der Waals surface area contributed by atoms with Gasteiger partial charge in [0.05, 0.1) is 12.2 Å². The van der Waals surface area contributed by atoms with Gasteiger partial charge in [-0.3, -0.25) is 9.36 Å². The number of urea groups is 1. The maximum absolute atomic E-state index is 11.9. The second-order valence-electron chi connectivity index (χ2n) is 5.04. The molecule has 0 fully saturated rings. The highest BCUT2D eigenvalue weighted by atomic mass is 16.2. The van der Waals surface area contributed by atoms with Crippen molar-refractivity contribution >= 4 is 6.03 Å². The monoisotopic (exact) mass is 305 g/mol. The van der Waals surface area contributed by atoms with Gasteiger partial charge < -0.3 is 10.6 Å². The third-order valence-corrected chi connectivity index (χ3v) is 3.67. The molecule has 8 nitrogen and oxygen atoms in total. The lowest BCUT2D eigenvalue weighted by Crippen LogP contribution is -2.35. The Balaban J connectivity index is 1.92. The predicted molar refractivity (Wildman–Crippen MR) is 82.0 cm³/mol. The molecule has 0 aliphatic rings. The van der Waals surface area contributed by atoms with E-state index in [0.29, 0.717) is 18.9 Å². The highest BCUT2D eigenvalue weighted by Gasteiger charge is 2.14. The number of aryl methyl sites for hydroxylation is 3. The van der Waals surface area contributed by atoms with Crippen LogP contribution in [0.3, 0.4) is 0 Å². The molecule has 2 aromatic rings. The van der Waals surface area contributed by atoms with Crippen LogP contribution in [-0.4, -0.2) is 30.6 Å². The fraction of sp³-hybridized carbons (Fsp3) is 0.571. The lowest BCUT2D eigenvalue weighted by molar-refractivity contribution is 0.239. The zero-order chi connectivity index (χ0) is 16.1. The Kier molecular flexibility index (Phi) is 5.13. The zero-order valence-electron chi connectivity index (χ0n) is 13.6. The van der Waals surface area contributed by atoms with Gasteiger partial charge in [0.15, 0.2) is 0 Å². The fourth-order valence-corrected chi connectivity index (χ4v) is 2.46. The van der Waals surface area contributed by atoms with Gasteiger partial charge in [-0.25, -0.2) is 9.78 Å². The molecule has 0 saturated heterocycles. The molecular formula is C14H23N7O. The van der Waals surface area contributed by atoms with E-state index in [1.54, 1.807) is 11.7 Å². The van der Waals surface area contributed by atoms with E-state index in [1.807, 2.05) is 11.7 Å². The molecule has 120 valence electrons. The first kappa shape index (κ1) is 16.0. The number of hydrogen-bond donors (Lipinski definition) is 2. The van der Waals surface area contributed by atoms with E-state index >= 15 is 0 Å². The van der Waals surface area contributed by atoms with Crippen LogP contribution < -0.4 is 10.6 Å². The molecule has 0 radical (unpaired) electrons. The van der Waals surface area contributed by atoms with Crippen molar-refractivity contribution in [2.24, 2.45) is 14.1 Å². The van der Waals surface area contributed by atoms with Gasteiger partial charge in [0.2, 0.25) is 0 Å². The van der Waals surface area contributed by atoms with E-state index in [9.17, 15) is 4.79 Å². The van der Waals surface area contributed by atoms with Gasteiger partial charge in [0, 0.05) is 31.9 Å². The maximum Gasteiger partial charge on any atom is 0.315 e. The standard InChI is InChI=1S/C14H23N7O/c1-5-11-10(12(6-2)20(3)19-11)7-15-14(22)16-8-13-17-9-18-21(13)4/h9H,5-8H2,1-4H3,(H2,15,16,22). The predicted octanol–water partition coefficient (Wildman–Crippen LogP) is 0.673. The summed E-state index contributed by atoms with van der Waals surface area (Å²) in [6.07, 6.45) is 3.21. The molecular weight excluding hydrogens is 282 g/mol. The van der Waals surface area contributed by atoms with Gasteiger partial charge in [0.25, 0.3) is 0 Å². The number of rotatable bonds is 6. The number of carbonyl (C=O) groups excluding carboxylic acids is 1. The summed E-state index contributed by atoms with van der Waals surface area (Å²) in [5, 5.41) is 14.1. The molecule has 0 aliphatic heterocycles. The summed E-state index contributed by atoms with van der Waals surface area (Å²) < 4.78 is 3.53. The largest absolute Gasteiger partial charge is 0.334 e. The summed E-state index contributed by atoms with van der Waals surface area (Å²) in [5.74, 6) is 0.708. The molecule has 0 aromatic carbocycles. The first-order valence-corrected chi connectivity index (χ1v) is 7.44. The van der Waals surface area contributed by atoms with Crippen molar-refractivity contribution in [1.82, 2.24) is 35.2 Å². The molecule has 2 rings (SSSR count). The Morgan fingerprint density at radius 2 is 1.86 bits per heavy atom. The van der Waals surface area contributed by atoms with Gasteiger partial charge in [-0.05, 0) is 12.8 Å². The molecule has 0 bridgehead atoms.